The molecule has 2 heterocycles. The van der Waals surface area contributed by atoms with E-state index < -0.39 is 17.9 Å². The van der Waals surface area contributed by atoms with Gasteiger partial charge in [0.05, 0.1) is 17.2 Å². The lowest BCUT2D eigenvalue weighted by Gasteiger charge is -2.43. The highest BCUT2D eigenvalue weighted by Gasteiger charge is 2.44. The van der Waals surface area contributed by atoms with Gasteiger partial charge in [-0.3, -0.25) is 14.5 Å². The predicted molar refractivity (Wildman–Crippen MR) is 184 cm³/mol. The first kappa shape index (κ1) is 33.9. The number of phenols is 1. The Hall–Kier alpha value is -3.96. The zero-order valence-corrected chi connectivity index (χ0v) is 28.3. The average Bonchev–Trinajstić information content (AvgIpc) is 3.90. The number of amides is 2. The maximum Gasteiger partial charge on any atom is 0.265 e. The summed E-state index contributed by atoms with van der Waals surface area (Å²) < 4.78 is 16.9. The van der Waals surface area contributed by atoms with Crippen molar-refractivity contribution in [1.82, 2.24) is 4.90 Å². The van der Waals surface area contributed by atoms with E-state index in [1.54, 1.807) is 24.1 Å². The Morgan fingerprint density at radius 2 is 1.81 bits per heavy atom. The number of anilines is 2. The van der Waals surface area contributed by atoms with Gasteiger partial charge >= 0.3 is 0 Å². The minimum Gasteiger partial charge on any atom is -0.508 e. The van der Waals surface area contributed by atoms with Crippen molar-refractivity contribution in [1.29, 1.82) is 0 Å². The summed E-state index contributed by atoms with van der Waals surface area (Å²) in [5.74, 6) is 0.111. The number of aliphatic hydroxyl groups is 1. The molecule has 2 aliphatic heterocycles. The van der Waals surface area contributed by atoms with Crippen LogP contribution in [0.4, 0.5) is 11.4 Å². The zero-order valence-electron chi connectivity index (χ0n) is 28.3. The van der Waals surface area contributed by atoms with Gasteiger partial charge in [0, 0.05) is 45.1 Å². The molecule has 1 aliphatic carbocycles. The number of likely N-dealkylation sites (tertiary alicyclic amines) is 1. The Balaban J connectivity index is 1.34. The van der Waals surface area contributed by atoms with Crippen molar-refractivity contribution in [3.05, 3.63) is 72.3 Å². The molecule has 10 nitrogen and oxygen atoms in total. The highest BCUT2D eigenvalue weighted by atomic mass is 16.6. The van der Waals surface area contributed by atoms with Crippen LogP contribution >= 0.6 is 0 Å². The number of aliphatic hydroxyl groups excluding tert-OH is 1. The quantitative estimate of drug-likeness (QED) is 0.205. The first-order chi connectivity index (χ1) is 23.0. The van der Waals surface area contributed by atoms with Crippen LogP contribution in [0.2, 0.25) is 0 Å². The molecule has 256 valence electrons. The van der Waals surface area contributed by atoms with Crippen molar-refractivity contribution >= 4 is 23.2 Å². The maximum atomic E-state index is 15.0. The third-order valence-electron chi connectivity index (χ3n) is 9.29. The smallest absolute Gasteiger partial charge is 0.265 e. The molecule has 0 radical (unpaired) electrons. The number of benzene rings is 3. The summed E-state index contributed by atoms with van der Waals surface area (Å²) in [5, 5.41) is 21.0. The lowest BCUT2D eigenvalue weighted by atomic mass is 9.78. The van der Waals surface area contributed by atoms with Crippen LogP contribution in [0.5, 0.6) is 11.5 Å². The number of piperidine rings is 1. The number of methoxy groups -OCH3 is 1. The molecule has 3 aliphatic rings. The number of rotatable bonds is 11. The number of hydrogen-bond acceptors (Lipinski definition) is 8. The fourth-order valence-electron chi connectivity index (χ4n) is 6.80. The fourth-order valence-corrected chi connectivity index (χ4v) is 6.80. The second-order valence-corrected chi connectivity index (χ2v) is 14.0. The first-order valence-corrected chi connectivity index (χ1v) is 16.9. The molecule has 3 aromatic rings. The van der Waals surface area contributed by atoms with Crippen molar-refractivity contribution < 1.29 is 34.0 Å². The number of ether oxygens (including phenoxy) is 3. The van der Waals surface area contributed by atoms with Gasteiger partial charge in [-0.15, -0.1) is 0 Å². The number of phenolic OH excluding ortho intramolecular Hbond substituents is 1. The van der Waals surface area contributed by atoms with Crippen molar-refractivity contribution in [2.24, 2.45) is 5.92 Å². The van der Waals surface area contributed by atoms with Crippen LogP contribution in [-0.2, 0) is 19.1 Å². The maximum absolute atomic E-state index is 15.0. The SMILES string of the molecule is COCCCN1C(=O)COc2ccc(N(C(=O)[C@H]3CN(C(O)OC(C)(C)C)CC[C@@H]3c3cccc(-c4ccc(O)cc4)c3)C3CC3)cc21. The van der Waals surface area contributed by atoms with Crippen LogP contribution in [0, 0.1) is 5.92 Å². The van der Waals surface area contributed by atoms with E-state index >= 15 is 0 Å². The Kier molecular flexibility index (Phi) is 10.1. The van der Waals surface area contributed by atoms with Crippen LogP contribution in [-0.4, -0.2) is 84.9 Å². The monoisotopic (exact) mass is 657 g/mol. The summed E-state index contributed by atoms with van der Waals surface area (Å²) in [6.45, 7) is 7.59. The van der Waals surface area contributed by atoms with E-state index in [9.17, 15) is 19.8 Å². The number of carbonyl (C=O) groups is 2. The second-order valence-electron chi connectivity index (χ2n) is 14.0. The summed E-state index contributed by atoms with van der Waals surface area (Å²) in [6, 6.07) is 21.1. The number of nitrogens with zero attached hydrogens (tertiary/aromatic N) is 3. The molecule has 48 heavy (non-hydrogen) atoms. The Morgan fingerprint density at radius 3 is 2.52 bits per heavy atom. The number of hydrogen-bond donors (Lipinski definition) is 2. The molecule has 2 N–H and O–H groups in total. The molecule has 6 rings (SSSR count). The van der Waals surface area contributed by atoms with Crippen molar-refractivity contribution in [2.45, 2.75) is 70.4 Å². The molecular weight excluding hydrogens is 610 g/mol. The van der Waals surface area contributed by atoms with E-state index in [0.717, 1.165) is 35.2 Å². The average molecular weight is 658 g/mol. The molecule has 2 amide bonds. The van der Waals surface area contributed by atoms with Crippen molar-refractivity contribution in [3.8, 4) is 22.6 Å². The summed E-state index contributed by atoms with van der Waals surface area (Å²) >= 11 is 0. The molecule has 1 saturated heterocycles. The predicted octanol–water partition coefficient (Wildman–Crippen LogP) is 5.51. The third-order valence-corrected chi connectivity index (χ3v) is 9.29. The number of carbonyl (C=O) groups excluding carboxylic acids is 2. The molecule has 3 atom stereocenters. The Labute approximate surface area is 282 Å². The third kappa shape index (κ3) is 7.68. The van der Waals surface area contributed by atoms with Crippen LogP contribution in [0.3, 0.4) is 0 Å². The summed E-state index contributed by atoms with van der Waals surface area (Å²) in [5.41, 5.74) is 3.86. The van der Waals surface area contributed by atoms with Gasteiger partial charge < -0.3 is 34.2 Å². The molecule has 1 saturated carbocycles. The van der Waals surface area contributed by atoms with Crippen LogP contribution < -0.4 is 14.5 Å². The van der Waals surface area contributed by atoms with Crippen LogP contribution in [0.25, 0.3) is 11.1 Å². The number of aromatic hydroxyl groups is 1. The highest BCUT2D eigenvalue weighted by molar-refractivity contribution is 6.01. The van der Waals surface area contributed by atoms with Crippen LogP contribution in [0.1, 0.15) is 57.9 Å². The molecule has 0 aromatic heterocycles. The van der Waals surface area contributed by atoms with Gasteiger partial charge in [-0.25, -0.2) is 0 Å². The van der Waals surface area contributed by atoms with E-state index in [1.165, 1.54) is 0 Å². The minimum atomic E-state index is -1.15. The molecule has 0 bridgehead atoms. The molecule has 3 aromatic carbocycles. The van der Waals surface area contributed by atoms with E-state index in [0.29, 0.717) is 50.5 Å². The molecular formula is C38H47N3O7. The largest absolute Gasteiger partial charge is 0.508 e. The van der Waals surface area contributed by atoms with Gasteiger partial charge in [0.25, 0.3) is 5.91 Å². The topological polar surface area (TPSA) is 112 Å². The summed E-state index contributed by atoms with van der Waals surface area (Å²) in [6.07, 6.45) is 1.97. The van der Waals surface area contributed by atoms with E-state index in [4.69, 9.17) is 14.2 Å². The van der Waals surface area contributed by atoms with Crippen molar-refractivity contribution in [2.75, 3.05) is 49.8 Å². The van der Waals surface area contributed by atoms with Gasteiger partial charge in [-0.1, -0.05) is 36.4 Å². The lowest BCUT2D eigenvalue weighted by molar-refractivity contribution is -0.245. The fraction of sp³-hybridized carbons (Fsp3) is 0.474. The van der Waals surface area contributed by atoms with Crippen molar-refractivity contribution in [3.63, 3.8) is 0 Å². The standard InChI is InChI=1S/C38H47N3O7/c1-38(2,3)48-37(45)39-19-17-31(27-8-5-7-26(21-27)25-9-14-30(42)15-10-25)32(23-39)36(44)41(28-11-12-28)29-13-16-34-33(22-29)40(18-6-20-46-4)35(43)24-47-34/h5,7-10,13-16,21-22,28,31-32,37,42,45H,6,11-12,17-20,23-24H2,1-4H3/t31-,32+,37?/m1/s1. The van der Waals surface area contributed by atoms with Gasteiger partial charge in [-0.2, -0.15) is 0 Å². The lowest BCUT2D eigenvalue weighted by Crippen LogP contribution is -2.53. The first-order valence-electron chi connectivity index (χ1n) is 16.9. The summed E-state index contributed by atoms with van der Waals surface area (Å²) in [4.78, 5) is 33.4. The normalized spacial score (nSPS) is 20.6. The Bertz CT molecular complexity index is 1600. The van der Waals surface area contributed by atoms with E-state index in [2.05, 4.69) is 12.1 Å². The minimum absolute atomic E-state index is 0.0147. The summed E-state index contributed by atoms with van der Waals surface area (Å²) in [7, 11) is 1.64. The van der Waals surface area contributed by atoms with Gasteiger partial charge in [-0.05, 0) is 99.4 Å². The van der Waals surface area contributed by atoms with Gasteiger partial charge in [0.1, 0.15) is 11.5 Å². The Morgan fingerprint density at radius 1 is 1.04 bits per heavy atom. The van der Waals surface area contributed by atoms with E-state index in [1.807, 2.05) is 73.0 Å². The van der Waals surface area contributed by atoms with E-state index in [-0.39, 0.29) is 36.1 Å². The number of fused-ring (bicyclic) bond motifs is 1. The zero-order chi connectivity index (χ0) is 34.0. The molecule has 1 unspecified atom stereocenters. The second kappa shape index (κ2) is 14.3. The van der Waals surface area contributed by atoms with Crippen LogP contribution in [0.15, 0.2) is 66.7 Å². The highest BCUT2D eigenvalue weighted by Crippen LogP contribution is 2.43. The molecule has 10 heteroatoms. The van der Waals surface area contributed by atoms with Gasteiger partial charge in [0.15, 0.2) is 6.61 Å². The molecule has 0 spiro atoms. The van der Waals surface area contributed by atoms with Gasteiger partial charge in [0.2, 0.25) is 12.3 Å². The molecule has 2 fully saturated rings.